The molecule has 1 saturated heterocycles. The van der Waals surface area contributed by atoms with Gasteiger partial charge in [0.05, 0.1) is 0 Å². The van der Waals surface area contributed by atoms with Crippen LogP contribution in [-0.2, 0) is 22.7 Å². The fourth-order valence-corrected chi connectivity index (χ4v) is 3.32. The standard InChI is InChI=1S/C17H19F3N4O3/c18-17(19,20)12(21)7-22-6-9-2-1-3-10-8-24(16(27)14(9)10)11-4-5-13(25)23-15(11)26/h1-3,11-12,22H,4-8,21H2,(H,23,25,26). The number of nitrogens with zero attached hydrogens (tertiary/aromatic N) is 1. The number of nitrogens with one attached hydrogen (secondary N) is 2. The van der Waals surface area contributed by atoms with E-state index in [0.29, 0.717) is 16.7 Å². The summed E-state index contributed by atoms with van der Waals surface area (Å²) in [5.74, 6) is -1.24. The molecule has 0 spiro atoms. The van der Waals surface area contributed by atoms with Crippen molar-refractivity contribution in [3.63, 3.8) is 0 Å². The third-order valence-corrected chi connectivity index (χ3v) is 4.74. The van der Waals surface area contributed by atoms with Crippen molar-refractivity contribution >= 4 is 17.7 Å². The molecule has 2 atom stereocenters. The van der Waals surface area contributed by atoms with Crippen molar-refractivity contribution in [2.75, 3.05) is 6.54 Å². The number of halogens is 3. The van der Waals surface area contributed by atoms with Gasteiger partial charge in [0.25, 0.3) is 5.91 Å². The van der Waals surface area contributed by atoms with Crippen molar-refractivity contribution in [1.82, 2.24) is 15.5 Å². The lowest BCUT2D eigenvalue weighted by atomic mass is 10.0. The molecule has 0 bridgehead atoms. The molecule has 3 amide bonds. The number of amides is 3. The zero-order valence-electron chi connectivity index (χ0n) is 14.3. The molecule has 3 rings (SSSR count). The number of benzene rings is 1. The fourth-order valence-electron chi connectivity index (χ4n) is 3.32. The minimum atomic E-state index is -4.50. The normalized spacial score (nSPS) is 21.3. The molecular weight excluding hydrogens is 365 g/mol. The number of imide groups is 1. The summed E-state index contributed by atoms with van der Waals surface area (Å²) in [6, 6.07) is 2.37. The largest absolute Gasteiger partial charge is 0.404 e. The van der Waals surface area contributed by atoms with Crippen LogP contribution in [0, 0.1) is 0 Å². The van der Waals surface area contributed by atoms with E-state index in [4.69, 9.17) is 5.73 Å². The van der Waals surface area contributed by atoms with Gasteiger partial charge in [0.1, 0.15) is 12.1 Å². The molecule has 27 heavy (non-hydrogen) atoms. The molecule has 0 aromatic heterocycles. The van der Waals surface area contributed by atoms with Gasteiger partial charge in [-0.1, -0.05) is 18.2 Å². The highest BCUT2D eigenvalue weighted by Crippen LogP contribution is 2.29. The summed E-state index contributed by atoms with van der Waals surface area (Å²) >= 11 is 0. The highest BCUT2D eigenvalue weighted by molar-refractivity contribution is 6.05. The molecule has 4 N–H and O–H groups in total. The molecule has 2 unspecified atom stereocenters. The number of alkyl halides is 3. The Hall–Kier alpha value is -2.46. The zero-order valence-corrected chi connectivity index (χ0v) is 14.3. The van der Waals surface area contributed by atoms with E-state index in [0.717, 1.165) is 0 Å². The van der Waals surface area contributed by atoms with Crippen LogP contribution >= 0.6 is 0 Å². The Morgan fingerprint density at radius 1 is 1.30 bits per heavy atom. The predicted octanol–water partition coefficient (Wildman–Crippen LogP) is 0.427. The second-order valence-electron chi connectivity index (χ2n) is 6.63. The summed E-state index contributed by atoms with van der Waals surface area (Å²) < 4.78 is 37.5. The number of hydrogen-bond donors (Lipinski definition) is 3. The van der Waals surface area contributed by atoms with Gasteiger partial charge in [0.2, 0.25) is 11.8 Å². The van der Waals surface area contributed by atoms with Crippen LogP contribution in [0.1, 0.15) is 34.3 Å². The van der Waals surface area contributed by atoms with Crippen molar-refractivity contribution in [2.24, 2.45) is 5.73 Å². The molecule has 10 heteroatoms. The lowest BCUT2D eigenvalue weighted by Gasteiger charge is -2.29. The molecule has 2 heterocycles. The van der Waals surface area contributed by atoms with Gasteiger partial charge in [-0.3, -0.25) is 19.7 Å². The Bertz CT molecular complexity index is 781. The Kier molecular flexibility index (Phi) is 5.20. The summed E-state index contributed by atoms with van der Waals surface area (Å²) in [7, 11) is 0. The Labute approximate surface area is 153 Å². The predicted molar refractivity (Wildman–Crippen MR) is 88.2 cm³/mol. The summed E-state index contributed by atoms with van der Waals surface area (Å²) in [6.45, 7) is -0.212. The molecule has 7 nitrogen and oxygen atoms in total. The van der Waals surface area contributed by atoms with Crippen LogP contribution in [0.3, 0.4) is 0 Å². The smallest absolute Gasteiger partial charge is 0.322 e. The second kappa shape index (κ2) is 7.28. The molecule has 0 radical (unpaired) electrons. The first kappa shape index (κ1) is 19.3. The Morgan fingerprint density at radius 2 is 2.04 bits per heavy atom. The Morgan fingerprint density at radius 3 is 2.70 bits per heavy atom. The maximum absolute atomic E-state index is 12.8. The van der Waals surface area contributed by atoms with Gasteiger partial charge < -0.3 is 16.0 Å². The third kappa shape index (κ3) is 3.96. The highest BCUT2D eigenvalue weighted by atomic mass is 19.4. The summed E-state index contributed by atoms with van der Waals surface area (Å²) in [5, 5.41) is 4.85. The number of carbonyl (C=O) groups is 3. The molecule has 0 saturated carbocycles. The molecule has 0 aliphatic carbocycles. The summed E-state index contributed by atoms with van der Waals surface area (Å²) in [4.78, 5) is 37.6. The molecule has 146 valence electrons. The Balaban J connectivity index is 1.71. The first-order chi connectivity index (χ1) is 12.7. The number of rotatable bonds is 5. The minimum Gasteiger partial charge on any atom is -0.322 e. The number of carbonyl (C=O) groups excluding carboxylic acids is 3. The van der Waals surface area contributed by atoms with Crippen molar-refractivity contribution < 1.29 is 27.6 Å². The average molecular weight is 384 g/mol. The highest BCUT2D eigenvalue weighted by Gasteiger charge is 2.40. The quantitative estimate of drug-likeness (QED) is 0.639. The molecule has 1 fully saturated rings. The SMILES string of the molecule is NC(CNCc1cccc2c1C(=O)N(C1CCC(=O)NC1=O)C2)C(F)(F)F. The molecule has 1 aromatic carbocycles. The molecule has 2 aliphatic heterocycles. The maximum Gasteiger partial charge on any atom is 0.404 e. The van der Waals surface area contributed by atoms with E-state index in [1.54, 1.807) is 18.2 Å². The monoisotopic (exact) mass is 384 g/mol. The van der Waals surface area contributed by atoms with Crippen LogP contribution in [-0.4, -0.2) is 47.4 Å². The van der Waals surface area contributed by atoms with E-state index in [9.17, 15) is 27.6 Å². The van der Waals surface area contributed by atoms with E-state index < -0.39 is 30.7 Å². The van der Waals surface area contributed by atoms with Crippen molar-refractivity contribution in [1.29, 1.82) is 0 Å². The van der Waals surface area contributed by atoms with Gasteiger partial charge in [-0.15, -0.1) is 0 Å². The number of hydrogen-bond acceptors (Lipinski definition) is 5. The molecule has 2 aliphatic rings. The van der Waals surface area contributed by atoms with Gasteiger partial charge >= 0.3 is 6.18 Å². The van der Waals surface area contributed by atoms with Crippen molar-refractivity contribution in [2.45, 2.75) is 44.2 Å². The van der Waals surface area contributed by atoms with Gasteiger partial charge in [0, 0.05) is 31.6 Å². The zero-order chi connectivity index (χ0) is 19.8. The number of nitrogens with two attached hydrogens (primary N) is 1. The van der Waals surface area contributed by atoms with Crippen LogP contribution in [0.5, 0.6) is 0 Å². The first-order valence-corrected chi connectivity index (χ1v) is 8.47. The lowest BCUT2D eigenvalue weighted by Crippen LogP contribution is -2.52. The van der Waals surface area contributed by atoms with Crippen LogP contribution in [0.2, 0.25) is 0 Å². The van der Waals surface area contributed by atoms with E-state index in [2.05, 4.69) is 10.6 Å². The molecule has 1 aromatic rings. The maximum atomic E-state index is 12.8. The van der Waals surface area contributed by atoms with Crippen LogP contribution in [0.4, 0.5) is 13.2 Å². The summed E-state index contributed by atoms with van der Waals surface area (Å²) in [5.41, 5.74) is 6.69. The van der Waals surface area contributed by atoms with Gasteiger partial charge in [-0.05, 0) is 17.5 Å². The van der Waals surface area contributed by atoms with E-state index >= 15 is 0 Å². The fraction of sp³-hybridized carbons (Fsp3) is 0.471. The lowest BCUT2D eigenvalue weighted by molar-refractivity contribution is -0.146. The van der Waals surface area contributed by atoms with Crippen LogP contribution in [0.25, 0.3) is 0 Å². The van der Waals surface area contributed by atoms with E-state index in [1.807, 2.05) is 0 Å². The average Bonchev–Trinajstić information content (AvgIpc) is 2.91. The van der Waals surface area contributed by atoms with Crippen molar-refractivity contribution in [3.05, 3.63) is 34.9 Å². The van der Waals surface area contributed by atoms with Crippen molar-refractivity contribution in [3.8, 4) is 0 Å². The van der Waals surface area contributed by atoms with E-state index in [-0.39, 0.29) is 37.7 Å². The number of fused-ring (bicyclic) bond motifs is 1. The van der Waals surface area contributed by atoms with E-state index in [1.165, 1.54) is 4.90 Å². The topological polar surface area (TPSA) is 105 Å². The van der Waals surface area contributed by atoms with Gasteiger partial charge in [-0.2, -0.15) is 13.2 Å². The summed E-state index contributed by atoms with van der Waals surface area (Å²) in [6.07, 6.45) is -4.09. The third-order valence-electron chi connectivity index (χ3n) is 4.74. The minimum absolute atomic E-state index is 0.0435. The van der Waals surface area contributed by atoms with Crippen LogP contribution < -0.4 is 16.4 Å². The first-order valence-electron chi connectivity index (χ1n) is 8.47. The molecular formula is C17H19F3N4O3. The van der Waals surface area contributed by atoms with Gasteiger partial charge in [-0.25, -0.2) is 0 Å². The van der Waals surface area contributed by atoms with Gasteiger partial charge in [0.15, 0.2) is 0 Å². The van der Waals surface area contributed by atoms with Crippen LogP contribution in [0.15, 0.2) is 18.2 Å². The second-order valence-corrected chi connectivity index (χ2v) is 6.63. The number of piperidine rings is 1.